The summed E-state index contributed by atoms with van der Waals surface area (Å²) in [5, 5.41) is 14.5. The topological polar surface area (TPSA) is 87.5 Å². The minimum Gasteiger partial charge on any atom is -0.493 e. The van der Waals surface area contributed by atoms with Gasteiger partial charge in [0.15, 0.2) is 11.4 Å². The highest BCUT2D eigenvalue weighted by Crippen LogP contribution is 2.40. The quantitative estimate of drug-likeness (QED) is 0.431. The lowest BCUT2D eigenvalue weighted by atomic mass is 9.97. The predicted octanol–water partition coefficient (Wildman–Crippen LogP) is 3.91. The molecule has 5 heterocycles. The molecule has 4 aromatic rings. The number of methoxy groups -OCH3 is 1. The van der Waals surface area contributed by atoms with Gasteiger partial charge in [0, 0.05) is 50.0 Å². The van der Waals surface area contributed by atoms with Crippen LogP contribution in [-0.4, -0.2) is 74.5 Å². The van der Waals surface area contributed by atoms with Gasteiger partial charge in [0.1, 0.15) is 16.3 Å². The third kappa shape index (κ3) is 3.94. The summed E-state index contributed by atoms with van der Waals surface area (Å²) in [6, 6.07) is 1.98. The van der Waals surface area contributed by atoms with Crippen molar-refractivity contribution in [2.45, 2.75) is 32.6 Å². The number of hydrogen-bond acceptors (Lipinski definition) is 8. The number of fused-ring (bicyclic) bond motifs is 1. The van der Waals surface area contributed by atoms with Crippen molar-refractivity contribution in [2.24, 2.45) is 5.92 Å². The van der Waals surface area contributed by atoms with Crippen molar-refractivity contribution in [1.29, 1.82) is 0 Å². The molecule has 1 saturated carbocycles. The molecule has 1 saturated heterocycles. The zero-order valence-corrected chi connectivity index (χ0v) is 20.7. The number of ether oxygens (including phenoxy) is 1. The van der Waals surface area contributed by atoms with Gasteiger partial charge >= 0.3 is 0 Å². The maximum atomic E-state index is 5.56. The van der Waals surface area contributed by atoms with Crippen molar-refractivity contribution in [3.63, 3.8) is 0 Å². The SMILES string of the molecule is COc1cc(-c2n[nH]c(-c3ncc(N4CCN(CC5CC5)CC4)s3)c2C(C)C)cn2ncnc12. The van der Waals surface area contributed by atoms with Crippen molar-refractivity contribution in [3.8, 4) is 27.7 Å². The van der Waals surface area contributed by atoms with Crippen LogP contribution in [0.4, 0.5) is 5.00 Å². The first-order chi connectivity index (χ1) is 16.6. The summed E-state index contributed by atoms with van der Waals surface area (Å²) in [5.74, 6) is 1.89. The normalized spacial score (nSPS) is 17.2. The standard InChI is InChI=1S/C24H30N8OS/c1-15(2)20-21(17-10-18(33-3)23-26-14-27-32(23)13-17)28-29-22(20)24-25-11-19(34-24)31-8-6-30(7-9-31)12-16-4-5-16/h10-11,13-16H,4-9,12H2,1-3H3,(H,28,29). The van der Waals surface area contributed by atoms with Gasteiger partial charge in [-0.05, 0) is 30.7 Å². The van der Waals surface area contributed by atoms with Crippen molar-refractivity contribution < 1.29 is 4.74 Å². The van der Waals surface area contributed by atoms with Crippen LogP contribution in [0.1, 0.15) is 38.2 Å². The Morgan fingerprint density at radius 1 is 1.18 bits per heavy atom. The smallest absolute Gasteiger partial charge is 0.197 e. The second-order valence-electron chi connectivity index (χ2n) is 9.58. The minimum atomic E-state index is 0.263. The summed E-state index contributed by atoms with van der Waals surface area (Å²) in [7, 11) is 1.65. The molecule has 0 radical (unpaired) electrons. The Labute approximate surface area is 202 Å². The van der Waals surface area contributed by atoms with Crippen molar-refractivity contribution in [1.82, 2.24) is 34.7 Å². The molecular formula is C24H30N8OS. The molecule has 1 aliphatic heterocycles. The Balaban J connectivity index is 1.28. The summed E-state index contributed by atoms with van der Waals surface area (Å²) in [4.78, 5) is 14.2. The molecule has 0 atom stereocenters. The first-order valence-corrected chi connectivity index (χ1v) is 12.8. The highest BCUT2D eigenvalue weighted by molar-refractivity contribution is 7.18. The van der Waals surface area contributed by atoms with Crippen LogP contribution < -0.4 is 9.64 Å². The first kappa shape index (κ1) is 21.5. The fourth-order valence-electron chi connectivity index (χ4n) is 4.82. The minimum absolute atomic E-state index is 0.263. The molecule has 0 amide bonds. The van der Waals surface area contributed by atoms with E-state index in [2.05, 4.69) is 38.8 Å². The molecular weight excluding hydrogens is 448 g/mol. The molecule has 4 aromatic heterocycles. The van der Waals surface area contributed by atoms with Crippen LogP contribution in [0.3, 0.4) is 0 Å². The lowest BCUT2D eigenvalue weighted by Crippen LogP contribution is -2.46. The van der Waals surface area contributed by atoms with Gasteiger partial charge in [-0.1, -0.05) is 25.2 Å². The first-order valence-electron chi connectivity index (χ1n) is 12.0. The van der Waals surface area contributed by atoms with Crippen LogP contribution in [0.15, 0.2) is 24.8 Å². The zero-order chi connectivity index (χ0) is 23.2. The van der Waals surface area contributed by atoms with Gasteiger partial charge in [0.25, 0.3) is 0 Å². The Kier molecular flexibility index (Phi) is 5.49. The van der Waals surface area contributed by atoms with Crippen LogP contribution in [0, 0.1) is 5.92 Å². The van der Waals surface area contributed by atoms with E-state index in [4.69, 9.17) is 14.8 Å². The molecule has 2 fully saturated rings. The number of nitrogens with zero attached hydrogens (tertiary/aromatic N) is 7. The third-order valence-corrected chi connectivity index (χ3v) is 7.90. The second kappa shape index (κ2) is 8.66. The van der Waals surface area contributed by atoms with E-state index in [-0.39, 0.29) is 5.92 Å². The van der Waals surface area contributed by atoms with Gasteiger partial charge in [0.2, 0.25) is 0 Å². The fraction of sp³-hybridized carbons (Fsp3) is 0.500. The summed E-state index contributed by atoms with van der Waals surface area (Å²) >= 11 is 1.74. The second-order valence-corrected chi connectivity index (χ2v) is 10.6. The number of aromatic amines is 1. The van der Waals surface area contributed by atoms with Crippen molar-refractivity contribution in [3.05, 3.63) is 30.4 Å². The monoisotopic (exact) mass is 478 g/mol. The summed E-state index contributed by atoms with van der Waals surface area (Å²) in [6.07, 6.45) is 8.34. The number of aromatic nitrogens is 6. The highest BCUT2D eigenvalue weighted by Gasteiger charge is 2.28. The fourth-order valence-corrected chi connectivity index (χ4v) is 5.79. The van der Waals surface area contributed by atoms with Gasteiger partial charge < -0.3 is 9.64 Å². The van der Waals surface area contributed by atoms with Crippen LogP contribution in [0.25, 0.3) is 27.6 Å². The number of piperazine rings is 1. The summed E-state index contributed by atoms with van der Waals surface area (Å²) < 4.78 is 7.29. The molecule has 6 rings (SSSR count). The number of hydrogen-bond donors (Lipinski definition) is 1. The van der Waals surface area contributed by atoms with Crippen molar-refractivity contribution in [2.75, 3.05) is 44.7 Å². The number of rotatable bonds is 7. The van der Waals surface area contributed by atoms with Crippen molar-refractivity contribution >= 4 is 22.0 Å². The lowest BCUT2D eigenvalue weighted by Gasteiger charge is -2.35. The van der Waals surface area contributed by atoms with Gasteiger partial charge in [0.05, 0.1) is 24.7 Å². The lowest BCUT2D eigenvalue weighted by molar-refractivity contribution is 0.248. The largest absolute Gasteiger partial charge is 0.493 e. The molecule has 34 heavy (non-hydrogen) atoms. The molecule has 1 aliphatic carbocycles. The molecule has 0 unspecified atom stereocenters. The Hall–Kier alpha value is -2.98. The van der Waals surface area contributed by atoms with Gasteiger partial charge in [-0.15, -0.1) is 0 Å². The van der Waals surface area contributed by atoms with E-state index in [1.807, 2.05) is 18.5 Å². The Bertz CT molecular complexity index is 1300. The molecule has 0 bridgehead atoms. The molecule has 178 valence electrons. The molecule has 9 nitrogen and oxygen atoms in total. The Morgan fingerprint density at radius 2 is 2.00 bits per heavy atom. The van der Waals surface area contributed by atoms with E-state index in [9.17, 15) is 0 Å². The third-order valence-electron chi connectivity index (χ3n) is 6.82. The number of H-pyrrole nitrogens is 1. The maximum absolute atomic E-state index is 5.56. The van der Waals surface area contributed by atoms with Crippen LogP contribution in [0.2, 0.25) is 0 Å². The predicted molar refractivity (Wildman–Crippen MR) is 134 cm³/mol. The number of nitrogens with one attached hydrogen (secondary N) is 1. The maximum Gasteiger partial charge on any atom is 0.197 e. The summed E-state index contributed by atoms with van der Waals surface area (Å²) in [6.45, 7) is 10.1. The van der Waals surface area contributed by atoms with Crippen LogP contribution in [-0.2, 0) is 0 Å². The molecule has 0 aromatic carbocycles. The van der Waals surface area contributed by atoms with Crippen LogP contribution in [0.5, 0.6) is 5.75 Å². The van der Waals surface area contributed by atoms with E-state index in [1.54, 1.807) is 23.0 Å². The number of anilines is 1. The highest BCUT2D eigenvalue weighted by atomic mass is 32.1. The molecule has 2 aliphatic rings. The van der Waals surface area contributed by atoms with Gasteiger partial charge in [-0.3, -0.25) is 10.00 Å². The molecule has 0 spiro atoms. The van der Waals surface area contributed by atoms with Crippen LogP contribution >= 0.6 is 11.3 Å². The van der Waals surface area contributed by atoms with E-state index in [1.165, 1.54) is 30.7 Å². The Morgan fingerprint density at radius 3 is 2.74 bits per heavy atom. The van der Waals surface area contributed by atoms with E-state index >= 15 is 0 Å². The van der Waals surface area contributed by atoms with E-state index < -0.39 is 0 Å². The number of pyridine rings is 1. The molecule has 10 heteroatoms. The molecule has 1 N–H and O–H groups in total. The summed E-state index contributed by atoms with van der Waals surface area (Å²) in [5.41, 5.74) is 4.66. The van der Waals surface area contributed by atoms with E-state index in [0.717, 1.165) is 59.6 Å². The van der Waals surface area contributed by atoms with E-state index in [0.29, 0.717) is 11.4 Å². The average molecular weight is 479 g/mol. The van der Waals surface area contributed by atoms with Gasteiger partial charge in [-0.2, -0.15) is 10.2 Å². The van der Waals surface area contributed by atoms with Gasteiger partial charge in [-0.25, -0.2) is 14.5 Å². The number of thiazole rings is 1. The zero-order valence-electron chi connectivity index (χ0n) is 19.9. The average Bonchev–Trinajstić information content (AvgIpc) is 3.25.